The summed E-state index contributed by atoms with van der Waals surface area (Å²) in [6.07, 6.45) is 0.640. The van der Waals surface area contributed by atoms with E-state index in [1.165, 1.54) is 0 Å². The third kappa shape index (κ3) is 5.20. The molecule has 3 aromatic carbocycles. The molecule has 0 bridgehead atoms. The number of methoxy groups -OCH3 is 1. The van der Waals surface area contributed by atoms with Crippen molar-refractivity contribution < 1.29 is 9.53 Å². The van der Waals surface area contributed by atoms with Gasteiger partial charge in [0, 0.05) is 30.8 Å². The number of fused-ring (bicyclic) bond motifs is 1. The van der Waals surface area contributed by atoms with Gasteiger partial charge in [0.05, 0.1) is 22.6 Å². The number of hydrogen-bond acceptors (Lipinski definition) is 4. The zero-order valence-corrected chi connectivity index (χ0v) is 21.7. The molecule has 1 heterocycles. The molecule has 1 aromatic heterocycles. The highest BCUT2D eigenvalue weighted by Crippen LogP contribution is 2.26. The average molecular weight is 504 g/mol. The quantitative estimate of drug-likeness (QED) is 0.281. The van der Waals surface area contributed by atoms with Gasteiger partial charge in [0.1, 0.15) is 5.82 Å². The number of aromatic nitrogens is 2. The van der Waals surface area contributed by atoms with E-state index in [2.05, 4.69) is 0 Å². The average Bonchev–Trinajstić information content (AvgIpc) is 2.88. The van der Waals surface area contributed by atoms with Crippen molar-refractivity contribution in [3.8, 4) is 5.69 Å². The van der Waals surface area contributed by atoms with Crippen molar-refractivity contribution in [2.45, 2.75) is 33.2 Å². The summed E-state index contributed by atoms with van der Waals surface area (Å²) in [5.41, 5.74) is 3.87. The van der Waals surface area contributed by atoms with Gasteiger partial charge in [-0.15, -0.1) is 0 Å². The van der Waals surface area contributed by atoms with Gasteiger partial charge in [-0.25, -0.2) is 4.98 Å². The zero-order chi connectivity index (χ0) is 25.8. The molecular weight excluding hydrogens is 474 g/mol. The maximum absolute atomic E-state index is 13.8. The molecular formula is C29H30ClN3O3. The van der Waals surface area contributed by atoms with Crippen LogP contribution in [0.2, 0.25) is 5.02 Å². The fraction of sp³-hybridized carbons (Fsp3) is 0.276. The van der Waals surface area contributed by atoms with Gasteiger partial charge in [-0.05, 0) is 86.8 Å². The number of carbonyl (C=O) groups excluding carboxylic acids is 1. The number of benzene rings is 3. The first-order valence-electron chi connectivity index (χ1n) is 12.0. The van der Waals surface area contributed by atoms with E-state index in [9.17, 15) is 9.59 Å². The maximum Gasteiger partial charge on any atom is 0.266 e. The molecule has 0 radical (unpaired) electrons. The number of ether oxygens (including phenoxy) is 1. The van der Waals surface area contributed by atoms with Gasteiger partial charge < -0.3 is 9.64 Å². The van der Waals surface area contributed by atoms with Crippen LogP contribution in [-0.4, -0.2) is 40.6 Å². The van der Waals surface area contributed by atoms with E-state index in [0.717, 1.165) is 16.8 Å². The van der Waals surface area contributed by atoms with Crippen molar-refractivity contribution >= 4 is 28.4 Å². The first-order chi connectivity index (χ1) is 17.3. The van der Waals surface area contributed by atoms with Crippen molar-refractivity contribution in [3.05, 3.63) is 105 Å². The SMILES string of the molecule is COCCCN(C(=O)c1ccc(Cl)cc1)C(C)c1nc2ccccc2c(=O)n1-c1ccc(C)c(C)c1. The first-order valence-corrected chi connectivity index (χ1v) is 12.3. The highest BCUT2D eigenvalue weighted by molar-refractivity contribution is 6.30. The summed E-state index contributed by atoms with van der Waals surface area (Å²) in [5, 5.41) is 1.09. The summed E-state index contributed by atoms with van der Waals surface area (Å²) in [5.74, 6) is 0.339. The fourth-order valence-electron chi connectivity index (χ4n) is 4.29. The summed E-state index contributed by atoms with van der Waals surface area (Å²) in [6, 6.07) is 19.5. The Hall–Kier alpha value is -3.48. The zero-order valence-electron chi connectivity index (χ0n) is 21.0. The number of nitrogens with zero attached hydrogens (tertiary/aromatic N) is 3. The Bertz CT molecular complexity index is 1450. The van der Waals surface area contributed by atoms with E-state index in [-0.39, 0.29) is 11.5 Å². The monoisotopic (exact) mass is 503 g/mol. The van der Waals surface area contributed by atoms with Crippen LogP contribution in [0.25, 0.3) is 16.6 Å². The molecule has 1 unspecified atom stereocenters. The number of rotatable bonds is 8. The van der Waals surface area contributed by atoms with Crippen LogP contribution < -0.4 is 5.56 Å². The second-order valence-electron chi connectivity index (χ2n) is 8.92. The highest BCUT2D eigenvalue weighted by Gasteiger charge is 2.27. The number of para-hydroxylation sites is 1. The second-order valence-corrected chi connectivity index (χ2v) is 9.36. The number of hydrogen-bond donors (Lipinski definition) is 0. The molecule has 0 fully saturated rings. The molecule has 0 aliphatic rings. The number of amides is 1. The Kier molecular flexibility index (Phi) is 7.87. The van der Waals surface area contributed by atoms with Crippen LogP contribution in [0.5, 0.6) is 0 Å². The van der Waals surface area contributed by atoms with Gasteiger partial charge in [-0.1, -0.05) is 29.8 Å². The third-order valence-electron chi connectivity index (χ3n) is 6.49. The van der Waals surface area contributed by atoms with E-state index < -0.39 is 6.04 Å². The summed E-state index contributed by atoms with van der Waals surface area (Å²) < 4.78 is 6.88. The van der Waals surface area contributed by atoms with Crippen LogP contribution in [0.4, 0.5) is 0 Å². The lowest BCUT2D eigenvalue weighted by Gasteiger charge is -2.31. The molecule has 0 aliphatic heterocycles. The van der Waals surface area contributed by atoms with Crippen molar-refractivity contribution in [2.75, 3.05) is 20.3 Å². The Morgan fingerprint density at radius 2 is 1.78 bits per heavy atom. The number of aryl methyl sites for hydroxylation is 2. The lowest BCUT2D eigenvalue weighted by molar-refractivity contribution is 0.0657. The van der Waals surface area contributed by atoms with Crippen LogP contribution in [-0.2, 0) is 4.74 Å². The molecule has 0 aliphatic carbocycles. The fourth-order valence-corrected chi connectivity index (χ4v) is 4.42. The van der Waals surface area contributed by atoms with Gasteiger partial charge in [0.15, 0.2) is 0 Å². The molecule has 36 heavy (non-hydrogen) atoms. The van der Waals surface area contributed by atoms with E-state index in [0.29, 0.717) is 46.9 Å². The van der Waals surface area contributed by atoms with Crippen LogP contribution in [0.3, 0.4) is 0 Å². The highest BCUT2D eigenvalue weighted by atomic mass is 35.5. The van der Waals surface area contributed by atoms with Crippen LogP contribution in [0.1, 0.15) is 46.7 Å². The largest absolute Gasteiger partial charge is 0.385 e. The van der Waals surface area contributed by atoms with Crippen LogP contribution >= 0.6 is 11.6 Å². The molecule has 7 heteroatoms. The van der Waals surface area contributed by atoms with Crippen LogP contribution in [0, 0.1) is 13.8 Å². The first kappa shape index (κ1) is 25.6. The maximum atomic E-state index is 13.8. The summed E-state index contributed by atoms with van der Waals surface area (Å²) in [6.45, 7) is 6.90. The predicted octanol–water partition coefficient (Wildman–Crippen LogP) is 5.90. The van der Waals surface area contributed by atoms with E-state index in [1.54, 1.807) is 46.9 Å². The molecule has 0 spiro atoms. The third-order valence-corrected chi connectivity index (χ3v) is 6.74. The molecule has 186 valence electrons. The Morgan fingerprint density at radius 3 is 2.47 bits per heavy atom. The number of halogens is 1. The molecule has 1 amide bonds. The minimum Gasteiger partial charge on any atom is -0.385 e. The van der Waals surface area contributed by atoms with E-state index in [4.69, 9.17) is 21.3 Å². The lowest BCUT2D eigenvalue weighted by atomic mass is 10.1. The molecule has 0 N–H and O–H groups in total. The minimum absolute atomic E-state index is 0.163. The van der Waals surface area contributed by atoms with Gasteiger partial charge >= 0.3 is 0 Å². The van der Waals surface area contributed by atoms with Crippen molar-refractivity contribution in [3.63, 3.8) is 0 Å². The smallest absolute Gasteiger partial charge is 0.266 e. The summed E-state index contributed by atoms with van der Waals surface area (Å²) in [4.78, 5) is 34.1. The molecule has 4 aromatic rings. The van der Waals surface area contributed by atoms with Gasteiger partial charge in [-0.2, -0.15) is 0 Å². The van der Waals surface area contributed by atoms with Gasteiger partial charge in [-0.3, -0.25) is 14.2 Å². The van der Waals surface area contributed by atoms with Gasteiger partial charge in [0.2, 0.25) is 0 Å². The van der Waals surface area contributed by atoms with E-state index >= 15 is 0 Å². The minimum atomic E-state index is -0.496. The second kappa shape index (κ2) is 11.1. The molecule has 0 saturated carbocycles. The normalized spacial score (nSPS) is 12.0. The Labute approximate surface area is 216 Å². The topological polar surface area (TPSA) is 64.4 Å². The summed E-state index contributed by atoms with van der Waals surface area (Å²) >= 11 is 6.05. The predicted molar refractivity (Wildman–Crippen MR) is 144 cm³/mol. The molecule has 6 nitrogen and oxygen atoms in total. The lowest BCUT2D eigenvalue weighted by Crippen LogP contribution is -2.38. The van der Waals surface area contributed by atoms with Crippen molar-refractivity contribution in [2.24, 2.45) is 0 Å². The van der Waals surface area contributed by atoms with Crippen molar-refractivity contribution in [1.29, 1.82) is 0 Å². The molecule has 1 atom stereocenters. The molecule has 0 saturated heterocycles. The molecule has 4 rings (SSSR count). The Balaban J connectivity index is 1.89. The summed E-state index contributed by atoms with van der Waals surface area (Å²) in [7, 11) is 1.64. The van der Waals surface area contributed by atoms with Gasteiger partial charge in [0.25, 0.3) is 11.5 Å². The van der Waals surface area contributed by atoms with Crippen LogP contribution in [0.15, 0.2) is 71.5 Å². The van der Waals surface area contributed by atoms with Crippen molar-refractivity contribution in [1.82, 2.24) is 14.5 Å². The Morgan fingerprint density at radius 1 is 1.06 bits per heavy atom. The van der Waals surface area contributed by atoms with E-state index in [1.807, 2.05) is 57.2 Å². The number of carbonyl (C=O) groups is 1. The standard InChI is InChI=1S/C29H30ClN3O3/c1-19-10-15-24(18-20(19)2)33-27(31-26-9-6-5-8-25(26)29(33)35)21(3)32(16-7-17-36-4)28(34)22-11-13-23(30)14-12-22/h5-6,8-15,18,21H,7,16-17H2,1-4H3.